The van der Waals surface area contributed by atoms with Gasteiger partial charge in [0.25, 0.3) is 0 Å². The third-order valence-corrected chi connectivity index (χ3v) is 5.03. The molecule has 1 aliphatic heterocycles. The van der Waals surface area contributed by atoms with E-state index >= 15 is 0 Å². The van der Waals surface area contributed by atoms with Gasteiger partial charge in [-0.3, -0.25) is 4.99 Å². The Bertz CT molecular complexity index is 1020. The number of rotatable bonds is 1. The number of halogens is 2. The molecule has 1 aliphatic rings. The van der Waals surface area contributed by atoms with Crippen LogP contribution in [0.5, 0.6) is 0 Å². The smallest absolute Gasteiger partial charge is 0.186 e. The molecule has 0 fully saturated rings. The van der Waals surface area contributed by atoms with Crippen molar-refractivity contribution in [2.24, 2.45) is 4.99 Å². The van der Waals surface area contributed by atoms with Gasteiger partial charge in [-0.1, -0.05) is 31.2 Å². The summed E-state index contributed by atoms with van der Waals surface area (Å²) in [7, 11) is 0. The fraction of sp³-hybridized carbons (Fsp3) is 0.250. The lowest BCUT2D eigenvalue weighted by Gasteiger charge is -2.35. The maximum absolute atomic E-state index is 13.9. The van der Waals surface area contributed by atoms with Gasteiger partial charge in [0.15, 0.2) is 11.6 Å². The number of aliphatic imine (C=N–C) groups is 1. The average molecular weight is 337 g/mol. The molecule has 4 rings (SSSR count). The van der Waals surface area contributed by atoms with E-state index in [-0.39, 0.29) is 17.0 Å². The standard InChI is InChI=1S/C20H17F2N3/c1-11-13-6-4-5-7-14(13)19(23-20(11,2)3)16-10-12-8-9-15(21)17(22)18(12)25-24-16/h4-11H,1-3H3. The second kappa shape index (κ2) is 5.41. The first kappa shape index (κ1) is 15.8. The Balaban J connectivity index is 1.94. The van der Waals surface area contributed by atoms with Gasteiger partial charge in [-0.15, -0.1) is 10.2 Å². The minimum Gasteiger partial charge on any atom is -0.276 e. The molecule has 0 saturated heterocycles. The minimum atomic E-state index is -0.975. The van der Waals surface area contributed by atoms with Gasteiger partial charge in [0.1, 0.15) is 11.2 Å². The van der Waals surface area contributed by atoms with Gasteiger partial charge >= 0.3 is 0 Å². The van der Waals surface area contributed by atoms with E-state index in [2.05, 4.69) is 37.0 Å². The molecule has 0 bridgehead atoms. The fourth-order valence-corrected chi connectivity index (χ4v) is 3.28. The lowest BCUT2D eigenvalue weighted by molar-refractivity contribution is 0.432. The maximum atomic E-state index is 13.9. The molecule has 3 nitrogen and oxygen atoms in total. The van der Waals surface area contributed by atoms with E-state index in [9.17, 15) is 8.78 Å². The molecule has 25 heavy (non-hydrogen) atoms. The van der Waals surface area contributed by atoms with Gasteiger partial charge in [-0.05, 0) is 37.6 Å². The van der Waals surface area contributed by atoms with E-state index in [1.807, 2.05) is 18.2 Å². The molecule has 2 heterocycles. The van der Waals surface area contributed by atoms with Crippen molar-refractivity contribution < 1.29 is 8.78 Å². The molecule has 2 aromatic carbocycles. The van der Waals surface area contributed by atoms with Crippen molar-refractivity contribution in [3.05, 3.63) is 70.9 Å². The SMILES string of the molecule is CC1c2ccccc2C(c2cc3ccc(F)c(F)c3nn2)=NC1(C)C. The first-order valence-electron chi connectivity index (χ1n) is 8.19. The Hall–Kier alpha value is -2.69. The maximum Gasteiger partial charge on any atom is 0.186 e. The zero-order valence-electron chi connectivity index (χ0n) is 14.2. The van der Waals surface area contributed by atoms with Crippen LogP contribution in [0.15, 0.2) is 47.5 Å². The molecule has 1 aromatic heterocycles. The number of hydrogen-bond donors (Lipinski definition) is 0. The molecular formula is C20H17F2N3. The summed E-state index contributed by atoms with van der Waals surface area (Å²) in [6.45, 7) is 6.32. The number of nitrogens with zero attached hydrogens (tertiary/aromatic N) is 3. The Labute approximate surface area is 144 Å². The third-order valence-electron chi connectivity index (χ3n) is 5.03. The van der Waals surface area contributed by atoms with Crippen molar-refractivity contribution >= 4 is 16.6 Å². The van der Waals surface area contributed by atoms with Crippen molar-refractivity contribution in [2.75, 3.05) is 0 Å². The van der Waals surface area contributed by atoms with Crippen LogP contribution in [-0.4, -0.2) is 21.4 Å². The molecule has 5 heteroatoms. The predicted octanol–water partition coefficient (Wildman–Crippen LogP) is 4.64. The lowest BCUT2D eigenvalue weighted by Crippen LogP contribution is -2.33. The van der Waals surface area contributed by atoms with Crippen LogP contribution in [0.2, 0.25) is 0 Å². The fourth-order valence-electron chi connectivity index (χ4n) is 3.28. The number of fused-ring (bicyclic) bond motifs is 2. The molecule has 0 amide bonds. The van der Waals surface area contributed by atoms with E-state index in [1.165, 1.54) is 11.6 Å². The summed E-state index contributed by atoms with van der Waals surface area (Å²) in [5.74, 6) is -1.64. The monoisotopic (exact) mass is 337 g/mol. The molecule has 0 saturated carbocycles. The summed E-state index contributed by atoms with van der Waals surface area (Å²) < 4.78 is 27.3. The van der Waals surface area contributed by atoms with Crippen molar-refractivity contribution in [1.29, 1.82) is 0 Å². The molecule has 1 atom stereocenters. The summed E-state index contributed by atoms with van der Waals surface area (Å²) >= 11 is 0. The van der Waals surface area contributed by atoms with Gasteiger partial charge in [0.2, 0.25) is 0 Å². The van der Waals surface area contributed by atoms with E-state index < -0.39 is 11.6 Å². The zero-order valence-corrected chi connectivity index (χ0v) is 14.2. The quantitative estimate of drug-likeness (QED) is 0.649. The third kappa shape index (κ3) is 2.42. The van der Waals surface area contributed by atoms with Gasteiger partial charge in [-0.2, -0.15) is 0 Å². The highest BCUT2D eigenvalue weighted by atomic mass is 19.2. The average Bonchev–Trinajstić information content (AvgIpc) is 2.61. The molecule has 3 aromatic rings. The van der Waals surface area contributed by atoms with Crippen molar-refractivity contribution in [3.8, 4) is 0 Å². The van der Waals surface area contributed by atoms with Gasteiger partial charge in [0.05, 0.1) is 11.3 Å². The first-order valence-corrected chi connectivity index (χ1v) is 8.19. The normalized spacial score (nSPS) is 18.8. The van der Waals surface area contributed by atoms with Crippen LogP contribution in [0.4, 0.5) is 8.78 Å². The second-order valence-corrected chi connectivity index (χ2v) is 6.95. The molecule has 0 spiro atoms. The zero-order chi connectivity index (χ0) is 17.8. The Kier molecular flexibility index (Phi) is 3.42. The van der Waals surface area contributed by atoms with Crippen LogP contribution in [0.1, 0.15) is 43.5 Å². The number of aromatic nitrogens is 2. The minimum absolute atomic E-state index is 0.0685. The largest absolute Gasteiger partial charge is 0.276 e. The highest BCUT2D eigenvalue weighted by Gasteiger charge is 2.34. The van der Waals surface area contributed by atoms with Gasteiger partial charge in [0, 0.05) is 16.9 Å². The molecule has 126 valence electrons. The lowest BCUT2D eigenvalue weighted by atomic mass is 9.77. The van der Waals surface area contributed by atoms with E-state index in [1.54, 1.807) is 6.07 Å². The van der Waals surface area contributed by atoms with E-state index in [4.69, 9.17) is 4.99 Å². The predicted molar refractivity (Wildman–Crippen MR) is 94.0 cm³/mol. The van der Waals surface area contributed by atoms with Crippen molar-refractivity contribution in [3.63, 3.8) is 0 Å². The summed E-state index contributed by atoms with van der Waals surface area (Å²) in [6, 6.07) is 12.4. The summed E-state index contributed by atoms with van der Waals surface area (Å²) in [5.41, 5.74) is 3.13. The van der Waals surface area contributed by atoms with Crippen LogP contribution in [0, 0.1) is 11.6 Å². The highest BCUT2D eigenvalue weighted by Crippen LogP contribution is 2.38. The second-order valence-electron chi connectivity index (χ2n) is 6.95. The van der Waals surface area contributed by atoms with Crippen LogP contribution >= 0.6 is 0 Å². The Morgan fingerprint density at radius 3 is 2.56 bits per heavy atom. The highest BCUT2D eigenvalue weighted by molar-refractivity contribution is 6.14. The van der Waals surface area contributed by atoms with Crippen molar-refractivity contribution in [1.82, 2.24) is 10.2 Å². The number of hydrogen-bond acceptors (Lipinski definition) is 3. The molecule has 1 unspecified atom stereocenters. The summed E-state index contributed by atoms with van der Waals surface area (Å²) in [4.78, 5) is 4.90. The van der Waals surface area contributed by atoms with E-state index in [0.29, 0.717) is 11.1 Å². The van der Waals surface area contributed by atoms with Crippen LogP contribution in [0.25, 0.3) is 10.9 Å². The molecule has 0 radical (unpaired) electrons. The van der Waals surface area contributed by atoms with Crippen molar-refractivity contribution in [2.45, 2.75) is 32.2 Å². The summed E-state index contributed by atoms with van der Waals surface area (Å²) in [6.07, 6.45) is 0. The van der Waals surface area contributed by atoms with Gasteiger partial charge < -0.3 is 0 Å². The summed E-state index contributed by atoms with van der Waals surface area (Å²) in [5, 5.41) is 8.55. The molecule has 0 aliphatic carbocycles. The Morgan fingerprint density at radius 1 is 1.00 bits per heavy atom. The van der Waals surface area contributed by atoms with E-state index in [0.717, 1.165) is 17.3 Å². The first-order chi connectivity index (χ1) is 11.9. The topological polar surface area (TPSA) is 38.1 Å². The van der Waals surface area contributed by atoms with Crippen LogP contribution < -0.4 is 0 Å². The van der Waals surface area contributed by atoms with Gasteiger partial charge in [-0.25, -0.2) is 8.78 Å². The molecule has 0 N–H and O–H groups in total. The van der Waals surface area contributed by atoms with Crippen LogP contribution in [0.3, 0.4) is 0 Å². The number of benzene rings is 2. The molecular weight excluding hydrogens is 320 g/mol. The Morgan fingerprint density at radius 2 is 1.76 bits per heavy atom. The van der Waals surface area contributed by atoms with Crippen LogP contribution in [-0.2, 0) is 0 Å².